The van der Waals surface area contributed by atoms with Gasteiger partial charge in [-0.3, -0.25) is 19.9 Å². The van der Waals surface area contributed by atoms with Crippen molar-refractivity contribution in [3.63, 3.8) is 0 Å². The zero-order chi connectivity index (χ0) is 14.5. The van der Waals surface area contributed by atoms with Gasteiger partial charge in [0.15, 0.2) is 0 Å². The molecule has 2 aromatic rings. The molecule has 1 N–H and O–H groups in total. The maximum absolute atomic E-state index is 11.9. The Balaban J connectivity index is 2.13. The summed E-state index contributed by atoms with van der Waals surface area (Å²) >= 11 is 5.77. The van der Waals surface area contributed by atoms with Gasteiger partial charge in [0.1, 0.15) is 11.3 Å². The van der Waals surface area contributed by atoms with Gasteiger partial charge in [-0.05, 0) is 17.7 Å². The fourth-order valence-corrected chi connectivity index (χ4v) is 1.66. The zero-order valence-corrected chi connectivity index (χ0v) is 10.9. The van der Waals surface area contributed by atoms with Crippen LogP contribution < -0.4 is 5.32 Å². The van der Waals surface area contributed by atoms with Gasteiger partial charge in [-0.15, -0.1) is 0 Å². The molecule has 0 fully saturated rings. The highest BCUT2D eigenvalue weighted by Gasteiger charge is 2.16. The van der Waals surface area contributed by atoms with E-state index < -0.39 is 10.8 Å². The van der Waals surface area contributed by atoms with Crippen LogP contribution >= 0.6 is 11.6 Å². The Morgan fingerprint density at radius 3 is 2.75 bits per heavy atom. The number of pyridine rings is 2. The summed E-state index contributed by atoms with van der Waals surface area (Å²) in [6.45, 7) is 0.264. The quantitative estimate of drug-likeness (QED) is 0.528. The van der Waals surface area contributed by atoms with E-state index in [1.165, 1.54) is 0 Å². The summed E-state index contributed by atoms with van der Waals surface area (Å²) in [5.74, 6) is -0.525. The van der Waals surface area contributed by atoms with Gasteiger partial charge in [-0.1, -0.05) is 11.6 Å². The summed E-state index contributed by atoms with van der Waals surface area (Å²) in [7, 11) is 0. The molecule has 2 aromatic heterocycles. The Bertz CT molecular complexity index is 648. The molecule has 0 aromatic carbocycles. The standard InChI is InChI=1S/C12H9ClN4O3/c13-11-10(5-9(7-15-11)17(19)20)12(18)16-6-8-1-3-14-4-2-8/h1-5,7H,6H2,(H,16,18). The second-order valence-electron chi connectivity index (χ2n) is 3.83. The first-order valence-electron chi connectivity index (χ1n) is 5.55. The first-order chi connectivity index (χ1) is 9.58. The Hall–Kier alpha value is -2.54. The minimum atomic E-state index is -0.636. The van der Waals surface area contributed by atoms with Crippen molar-refractivity contribution >= 4 is 23.2 Å². The summed E-state index contributed by atoms with van der Waals surface area (Å²) < 4.78 is 0. The fourth-order valence-electron chi connectivity index (χ4n) is 1.47. The monoisotopic (exact) mass is 292 g/mol. The van der Waals surface area contributed by atoms with Gasteiger partial charge in [0.25, 0.3) is 11.6 Å². The molecule has 2 rings (SSSR count). The topological polar surface area (TPSA) is 98.0 Å². The van der Waals surface area contributed by atoms with Gasteiger partial charge in [0.05, 0.1) is 10.5 Å². The summed E-state index contributed by atoms with van der Waals surface area (Å²) in [5.41, 5.74) is 0.529. The van der Waals surface area contributed by atoms with E-state index in [4.69, 9.17) is 11.6 Å². The Morgan fingerprint density at radius 2 is 2.10 bits per heavy atom. The summed E-state index contributed by atoms with van der Waals surface area (Å²) in [6, 6.07) is 4.58. The molecule has 7 nitrogen and oxygen atoms in total. The molecule has 0 saturated heterocycles. The third-order valence-corrected chi connectivity index (χ3v) is 2.78. The van der Waals surface area contributed by atoms with E-state index in [-0.39, 0.29) is 22.9 Å². The number of halogens is 1. The van der Waals surface area contributed by atoms with E-state index in [1.807, 2.05) is 0 Å². The van der Waals surface area contributed by atoms with E-state index in [1.54, 1.807) is 24.5 Å². The second kappa shape index (κ2) is 6.07. The van der Waals surface area contributed by atoms with Gasteiger partial charge >= 0.3 is 0 Å². The second-order valence-corrected chi connectivity index (χ2v) is 4.19. The smallest absolute Gasteiger partial charge is 0.288 e. The Morgan fingerprint density at radius 1 is 1.40 bits per heavy atom. The largest absolute Gasteiger partial charge is 0.348 e. The summed E-state index contributed by atoms with van der Waals surface area (Å²) in [4.78, 5) is 29.4. The average molecular weight is 293 g/mol. The van der Waals surface area contributed by atoms with Crippen molar-refractivity contribution in [3.05, 3.63) is 63.2 Å². The number of aromatic nitrogens is 2. The molecule has 0 radical (unpaired) electrons. The highest BCUT2D eigenvalue weighted by molar-refractivity contribution is 6.32. The first-order valence-corrected chi connectivity index (χ1v) is 5.93. The number of amides is 1. The lowest BCUT2D eigenvalue weighted by Gasteiger charge is -2.06. The SMILES string of the molecule is O=C(NCc1ccncc1)c1cc([N+](=O)[O-])cnc1Cl. The van der Waals surface area contributed by atoms with E-state index in [0.29, 0.717) is 0 Å². The van der Waals surface area contributed by atoms with Gasteiger partial charge in [-0.2, -0.15) is 0 Å². The third-order valence-electron chi connectivity index (χ3n) is 2.48. The van der Waals surface area contributed by atoms with Gasteiger partial charge in [-0.25, -0.2) is 4.98 Å². The van der Waals surface area contributed by atoms with E-state index in [9.17, 15) is 14.9 Å². The number of nitro groups is 1. The Labute approximate surface area is 118 Å². The first kappa shape index (κ1) is 13.9. The molecule has 0 aliphatic carbocycles. The molecule has 0 aliphatic rings. The molecule has 0 bridgehead atoms. The molecule has 20 heavy (non-hydrogen) atoms. The average Bonchev–Trinajstić information content (AvgIpc) is 2.46. The van der Waals surface area contributed by atoms with Crippen LogP contribution in [0.1, 0.15) is 15.9 Å². The van der Waals surface area contributed by atoms with Crippen molar-refractivity contribution in [2.75, 3.05) is 0 Å². The van der Waals surface area contributed by atoms with E-state index >= 15 is 0 Å². The zero-order valence-electron chi connectivity index (χ0n) is 10.1. The van der Waals surface area contributed by atoms with Crippen LogP contribution in [0.5, 0.6) is 0 Å². The number of carbonyl (C=O) groups excluding carboxylic acids is 1. The van der Waals surface area contributed by atoms with Gasteiger partial charge in [0.2, 0.25) is 0 Å². The van der Waals surface area contributed by atoms with Crippen molar-refractivity contribution in [2.24, 2.45) is 0 Å². The Kier molecular flexibility index (Phi) is 4.21. The van der Waals surface area contributed by atoms with Gasteiger partial charge < -0.3 is 5.32 Å². The van der Waals surface area contributed by atoms with Crippen LogP contribution in [0.2, 0.25) is 5.15 Å². The lowest BCUT2D eigenvalue weighted by atomic mass is 10.2. The van der Waals surface area contributed by atoms with Crippen molar-refractivity contribution in [1.82, 2.24) is 15.3 Å². The van der Waals surface area contributed by atoms with Crippen molar-refractivity contribution in [1.29, 1.82) is 0 Å². The minimum absolute atomic E-state index is 0.0325. The van der Waals surface area contributed by atoms with Crippen LogP contribution in [0.4, 0.5) is 5.69 Å². The molecule has 1 amide bonds. The highest BCUT2D eigenvalue weighted by atomic mass is 35.5. The minimum Gasteiger partial charge on any atom is -0.348 e. The summed E-state index contributed by atoms with van der Waals surface area (Å²) in [5, 5.41) is 13.2. The lowest BCUT2D eigenvalue weighted by Crippen LogP contribution is -2.23. The van der Waals surface area contributed by atoms with Crippen LogP contribution in [-0.2, 0) is 6.54 Å². The molecule has 8 heteroatoms. The summed E-state index contributed by atoms with van der Waals surface area (Å²) in [6.07, 6.45) is 4.20. The number of nitrogens with one attached hydrogen (secondary N) is 1. The third kappa shape index (κ3) is 3.27. The number of rotatable bonds is 4. The maximum atomic E-state index is 11.9. The predicted molar refractivity (Wildman–Crippen MR) is 71.3 cm³/mol. The molecule has 0 spiro atoms. The van der Waals surface area contributed by atoms with Crippen molar-refractivity contribution < 1.29 is 9.72 Å². The van der Waals surface area contributed by atoms with Crippen LogP contribution in [-0.4, -0.2) is 20.8 Å². The fraction of sp³-hybridized carbons (Fsp3) is 0.0833. The lowest BCUT2D eigenvalue weighted by molar-refractivity contribution is -0.385. The number of hydrogen-bond acceptors (Lipinski definition) is 5. The normalized spacial score (nSPS) is 10.1. The van der Waals surface area contributed by atoms with Gasteiger partial charge in [0, 0.05) is 25.0 Å². The van der Waals surface area contributed by atoms with E-state index in [2.05, 4.69) is 15.3 Å². The van der Waals surface area contributed by atoms with Crippen molar-refractivity contribution in [2.45, 2.75) is 6.54 Å². The highest BCUT2D eigenvalue weighted by Crippen LogP contribution is 2.19. The van der Waals surface area contributed by atoms with Crippen LogP contribution in [0.15, 0.2) is 36.8 Å². The van der Waals surface area contributed by atoms with Crippen LogP contribution in [0.3, 0.4) is 0 Å². The van der Waals surface area contributed by atoms with E-state index in [0.717, 1.165) is 17.8 Å². The number of hydrogen-bond donors (Lipinski definition) is 1. The molecule has 102 valence electrons. The molecule has 0 unspecified atom stereocenters. The molecule has 0 saturated carbocycles. The van der Waals surface area contributed by atoms with Crippen molar-refractivity contribution in [3.8, 4) is 0 Å². The maximum Gasteiger partial charge on any atom is 0.288 e. The molecule has 0 atom stereocenters. The molecular formula is C12H9ClN4O3. The van der Waals surface area contributed by atoms with Crippen LogP contribution in [0, 0.1) is 10.1 Å². The number of carbonyl (C=O) groups is 1. The number of nitrogens with zero attached hydrogens (tertiary/aromatic N) is 3. The molecule has 0 aliphatic heterocycles. The molecular weight excluding hydrogens is 284 g/mol. The predicted octanol–water partition coefficient (Wildman–Crippen LogP) is 1.97. The molecule has 2 heterocycles. The van der Waals surface area contributed by atoms with Crippen LogP contribution in [0.25, 0.3) is 0 Å².